The van der Waals surface area contributed by atoms with E-state index in [9.17, 15) is 14.4 Å². The monoisotopic (exact) mass is 450 g/mol. The van der Waals surface area contributed by atoms with Gasteiger partial charge in [0.15, 0.2) is 5.65 Å². The van der Waals surface area contributed by atoms with Crippen molar-refractivity contribution < 1.29 is 9.59 Å². The zero-order valence-corrected chi connectivity index (χ0v) is 18.8. The van der Waals surface area contributed by atoms with Crippen molar-refractivity contribution in [2.45, 2.75) is 44.6 Å². The van der Waals surface area contributed by atoms with E-state index in [1.54, 1.807) is 24.4 Å². The van der Waals surface area contributed by atoms with Gasteiger partial charge in [0.2, 0.25) is 5.91 Å². The van der Waals surface area contributed by atoms with Crippen molar-refractivity contribution in [3.63, 3.8) is 0 Å². The lowest BCUT2D eigenvalue weighted by Crippen LogP contribution is -2.30. The molecular weight excluding hydrogens is 420 g/mol. The number of fused-ring (bicyclic) bond motifs is 1. The summed E-state index contributed by atoms with van der Waals surface area (Å²) >= 11 is 0. The number of amides is 2. The summed E-state index contributed by atoms with van der Waals surface area (Å²) in [7, 11) is 2.09. The first-order valence-corrected chi connectivity index (χ1v) is 11.5. The molecule has 1 aliphatic heterocycles. The number of nitrogens with zero attached hydrogens (tertiary/aromatic N) is 3. The van der Waals surface area contributed by atoms with Crippen molar-refractivity contribution in [1.82, 2.24) is 30.1 Å². The Kier molecular flexibility index (Phi) is 7.25. The van der Waals surface area contributed by atoms with Crippen molar-refractivity contribution >= 4 is 17.5 Å². The average Bonchev–Trinajstić information content (AvgIpc) is 3.42. The van der Waals surface area contributed by atoms with Crippen LogP contribution in [-0.4, -0.2) is 57.5 Å². The number of aromatic nitrogens is 3. The third-order valence-electron chi connectivity index (χ3n) is 6.60. The average molecular weight is 451 g/mol. The molecule has 1 aliphatic carbocycles. The summed E-state index contributed by atoms with van der Waals surface area (Å²) in [5, 5.41) is 11.9. The molecule has 1 atom stereocenters. The molecule has 2 aromatic heterocycles. The van der Waals surface area contributed by atoms with Gasteiger partial charge in [0.1, 0.15) is 0 Å². The molecule has 2 fully saturated rings. The Balaban J connectivity index is 1.19. The van der Waals surface area contributed by atoms with Crippen LogP contribution in [0, 0.1) is 23.8 Å². The van der Waals surface area contributed by atoms with E-state index < -0.39 is 5.69 Å². The summed E-state index contributed by atoms with van der Waals surface area (Å²) < 4.78 is 1.28. The zero-order valence-electron chi connectivity index (χ0n) is 18.8. The number of pyridine rings is 1. The van der Waals surface area contributed by atoms with Gasteiger partial charge in [-0.15, -0.1) is 0 Å². The molecule has 0 aromatic carbocycles. The van der Waals surface area contributed by atoms with Crippen molar-refractivity contribution in [2.75, 3.05) is 20.1 Å². The van der Waals surface area contributed by atoms with Gasteiger partial charge in [0, 0.05) is 36.8 Å². The quantitative estimate of drug-likeness (QED) is 0.361. The predicted octanol–water partition coefficient (Wildman–Crippen LogP) is 1.29. The summed E-state index contributed by atoms with van der Waals surface area (Å²) in [4.78, 5) is 38.5. The second-order valence-electron chi connectivity index (χ2n) is 8.88. The number of likely N-dealkylation sites (N-methyl/N-ethyl adjacent to an activating group) is 1. The highest BCUT2D eigenvalue weighted by atomic mass is 16.2. The predicted molar refractivity (Wildman–Crippen MR) is 124 cm³/mol. The van der Waals surface area contributed by atoms with Gasteiger partial charge in [-0.3, -0.25) is 19.8 Å². The molecule has 9 heteroatoms. The van der Waals surface area contributed by atoms with Gasteiger partial charge in [-0.1, -0.05) is 12.0 Å². The largest absolute Gasteiger partial charge is 0.352 e. The molecule has 2 amide bonds. The molecule has 1 saturated carbocycles. The standard InChI is InChI=1S/C24H30N6O3/c1-29-14-2-4-19(29)10-11-21(31)26-16-18-8-6-17(7-9-18)12-13-25-23(32)20-5-3-15-30-22(20)27-28-24(30)33/h3,5,10-11,15,17-19H,2,4,6-9,14,16H2,1H3,(H,25,32)(H,26,31)(H,28,33)/b11-10+. The van der Waals surface area contributed by atoms with Crippen LogP contribution in [0.15, 0.2) is 35.3 Å². The summed E-state index contributed by atoms with van der Waals surface area (Å²) in [5.74, 6) is 3.41. The Morgan fingerprint density at radius 1 is 1.27 bits per heavy atom. The minimum atomic E-state index is -0.392. The molecular formula is C24H30N6O3. The van der Waals surface area contributed by atoms with Crippen LogP contribution in [0.5, 0.6) is 0 Å². The Hall–Kier alpha value is -3.38. The Morgan fingerprint density at radius 3 is 2.85 bits per heavy atom. The van der Waals surface area contributed by atoms with Crippen molar-refractivity contribution in [3.05, 3.63) is 46.5 Å². The van der Waals surface area contributed by atoms with Crippen molar-refractivity contribution in [3.8, 4) is 12.0 Å². The fourth-order valence-corrected chi connectivity index (χ4v) is 4.56. The first kappa shape index (κ1) is 22.8. The maximum Gasteiger partial charge on any atom is 0.347 e. The SMILES string of the molecule is CN1CCCC1/C=C/C(=O)NCC1CCC(C#CNC(=O)c2cccn3c(=O)[nH]nc23)CC1. The molecule has 3 N–H and O–H groups in total. The van der Waals surface area contributed by atoms with Crippen LogP contribution in [0.3, 0.4) is 0 Å². The minimum Gasteiger partial charge on any atom is -0.352 e. The van der Waals surface area contributed by atoms with E-state index in [0.29, 0.717) is 24.1 Å². The van der Waals surface area contributed by atoms with Crippen molar-refractivity contribution in [1.29, 1.82) is 0 Å². The van der Waals surface area contributed by atoms with Gasteiger partial charge < -0.3 is 5.32 Å². The van der Waals surface area contributed by atoms with E-state index in [4.69, 9.17) is 0 Å². The van der Waals surface area contributed by atoms with Gasteiger partial charge in [-0.2, -0.15) is 5.10 Å². The number of carbonyl (C=O) groups excluding carboxylic acids is 2. The van der Waals surface area contributed by atoms with Gasteiger partial charge in [0.05, 0.1) is 5.56 Å². The van der Waals surface area contributed by atoms with Crippen LogP contribution in [0.4, 0.5) is 0 Å². The highest BCUT2D eigenvalue weighted by molar-refractivity contribution is 6.00. The Morgan fingerprint density at radius 2 is 2.09 bits per heavy atom. The molecule has 33 heavy (non-hydrogen) atoms. The maximum atomic E-state index is 12.4. The zero-order chi connectivity index (χ0) is 23.2. The first-order valence-electron chi connectivity index (χ1n) is 11.5. The first-order chi connectivity index (χ1) is 16.0. The molecule has 9 nitrogen and oxygen atoms in total. The Bertz CT molecular complexity index is 1150. The van der Waals surface area contributed by atoms with E-state index >= 15 is 0 Å². The number of aromatic amines is 1. The molecule has 2 aliphatic rings. The normalized spacial score (nSPS) is 23.4. The van der Waals surface area contributed by atoms with E-state index in [0.717, 1.165) is 38.6 Å². The molecule has 1 saturated heterocycles. The minimum absolute atomic E-state index is 0.0193. The second-order valence-corrected chi connectivity index (χ2v) is 8.88. The molecule has 1 unspecified atom stereocenters. The number of nitrogens with one attached hydrogen (secondary N) is 3. The highest BCUT2D eigenvalue weighted by Gasteiger charge is 2.21. The number of hydrogen-bond acceptors (Lipinski definition) is 5. The van der Waals surface area contributed by atoms with Crippen LogP contribution in [0.1, 0.15) is 48.9 Å². The van der Waals surface area contributed by atoms with Crippen LogP contribution >= 0.6 is 0 Å². The third-order valence-corrected chi connectivity index (χ3v) is 6.60. The smallest absolute Gasteiger partial charge is 0.347 e. The molecule has 3 heterocycles. The van der Waals surface area contributed by atoms with Crippen molar-refractivity contribution in [2.24, 2.45) is 11.8 Å². The summed E-state index contributed by atoms with van der Waals surface area (Å²) in [6.45, 7) is 1.78. The number of H-pyrrole nitrogens is 1. The summed E-state index contributed by atoms with van der Waals surface area (Å²) in [5.41, 5.74) is 0.170. The fraction of sp³-hybridized carbons (Fsp3) is 0.500. The van der Waals surface area contributed by atoms with Gasteiger partial charge in [-0.05, 0) is 70.2 Å². The topological polar surface area (TPSA) is 112 Å². The van der Waals surface area contributed by atoms with Gasteiger partial charge >= 0.3 is 5.69 Å². The molecule has 0 spiro atoms. The lowest BCUT2D eigenvalue weighted by Gasteiger charge is -2.25. The van der Waals surface area contributed by atoms with Gasteiger partial charge in [-0.25, -0.2) is 14.3 Å². The third kappa shape index (κ3) is 5.71. The number of carbonyl (C=O) groups is 2. The van der Waals surface area contributed by atoms with E-state index in [2.05, 4.69) is 44.7 Å². The molecule has 4 rings (SSSR count). The summed E-state index contributed by atoms with van der Waals surface area (Å²) in [6, 6.07) is 6.38. The fourth-order valence-electron chi connectivity index (χ4n) is 4.56. The van der Waals surface area contributed by atoms with Crippen LogP contribution < -0.4 is 16.3 Å². The van der Waals surface area contributed by atoms with E-state index in [1.165, 1.54) is 10.8 Å². The lowest BCUT2D eigenvalue weighted by atomic mass is 9.82. The molecule has 174 valence electrons. The maximum absolute atomic E-state index is 12.4. The second kappa shape index (κ2) is 10.5. The van der Waals surface area contributed by atoms with Crippen LogP contribution in [0.2, 0.25) is 0 Å². The highest BCUT2D eigenvalue weighted by Crippen LogP contribution is 2.27. The molecule has 2 aromatic rings. The number of rotatable bonds is 5. The van der Waals surface area contributed by atoms with Gasteiger partial charge in [0.25, 0.3) is 5.91 Å². The Labute approximate surface area is 192 Å². The molecule has 0 bridgehead atoms. The molecule has 0 radical (unpaired) electrons. The van der Waals surface area contributed by atoms with Crippen LogP contribution in [-0.2, 0) is 4.79 Å². The van der Waals surface area contributed by atoms with Crippen LogP contribution in [0.25, 0.3) is 5.65 Å². The summed E-state index contributed by atoms with van der Waals surface area (Å²) in [6.07, 6.45) is 11.4. The van der Waals surface area contributed by atoms with E-state index in [1.807, 2.05) is 6.08 Å². The number of hydrogen-bond donors (Lipinski definition) is 3. The lowest BCUT2D eigenvalue weighted by molar-refractivity contribution is -0.116. The number of likely N-dealkylation sites (tertiary alicyclic amines) is 1. The van der Waals surface area contributed by atoms with E-state index in [-0.39, 0.29) is 23.4 Å².